The van der Waals surface area contributed by atoms with Crippen molar-refractivity contribution in [3.8, 4) is 5.75 Å². The first-order valence-corrected chi connectivity index (χ1v) is 9.82. The van der Waals surface area contributed by atoms with Gasteiger partial charge in [0.25, 0.3) is 5.91 Å². The minimum Gasteiger partial charge on any atom is -0.488 e. The second-order valence-corrected chi connectivity index (χ2v) is 7.26. The molecule has 0 fully saturated rings. The molecule has 1 aromatic heterocycles. The minimum absolute atomic E-state index is 0.313. The number of fused-ring (bicyclic) bond motifs is 1. The minimum atomic E-state index is -0.313. The number of ether oxygens (including phenoxy) is 1. The largest absolute Gasteiger partial charge is 0.488 e. The van der Waals surface area contributed by atoms with Crippen LogP contribution in [0.25, 0.3) is 11.0 Å². The lowest BCUT2D eigenvalue weighted by Gasteiger charge is -2.09. The smallest absolute Gasteiger partial charge is 0.271 e. The van der Waals surface area contributed by atoms with E-state index in [2.05, 4.69) is 39.6 Å². The number of hydrazone groups is 1. The summed E-state index contributed by atoms with van der Waals surface area (Å²) in [5, 5.41) is 4.09. The van der Waals surface area contributed by atoms with Gasteiger partial charge < -0.3 is 14.7 Å². The van der Waals surface area contributed by atoms with Crippen LogP contribution in [-0.4, -0.2) is 22.1 Å². The van der Waals surface area contributed by atoms with Gasteiger partial charge >= 0.3 is 0 Å². The van der Waals surface area contributed by atoms with Gasteiger partial charge in [0, 0.05) is 11.1 Å². The first kappa shape index (κ1) is 19.6. The second-order valence-electron chi connectivity index (χ2n) is 6.85. The van der Waals surface area contributed by atoms with Crippen LogP contribution >= 0.6 is 12.2 Å². The number of rotatable bonds is 6. The number of carbonyl (C=O) groups is 1. The highest BCUT2D eigenvalue weighted by Gasteiger charge is 2.07. The molecule has 0 aliphatic heterocycles. The van der Waals surface area contributed by atoms with Crippen molar-refractivity contribution in [2.75, 3.05) is 0 Å². The summed E-state index contributed by atoms with van der Waals surface area (Å²) in [4.78, 5) is 18.4. The van der Waals surface area contributed by atoms with Gasteiger partial charge in [-0.2, -0.15) is 5.10 Å². The van der Waals surface area contributed by atoms with E-state index < -0.39 is 0 Å². The quantitative estimate of drug-likeness (QED) is 0.238. The van der Waals surface area contributed by atoms with E-state index in [-0.39, 0.29) is 5.91 Å². The number of nitrogens with zero attached hydrogens (tertiary/aromatic N) is 1. The van der Waals surface area contributed by atoms with E-state index in [1.165, 1.54) is 5.56 Å². The zero-order valence-corrected chi connectivity index (χ0v) is 17.1. The number of amides is 1. The predicted octanol–water partition coefficient (Wildman–Crippen LogP) is 4.88. The van der Waals surface area contributed by atoms with Crippen molar-refractivity contribution in [3.63, 3.8) is 0 Å². The molecule has 0 radical (unpaired) electrons. The highest BCUT2D eigenvalue weighted by molar-refractivity contribution is 7.71. The Hall–Kier alpha value is -3.71. The maximum atomic E-state index is 12.4. The summed E-state index contributed by atoms with van der Waals surface area (Å²) in [6.07, 6.45) is 1.57. The van der Waals surface area contributed by atoms with Gasteiger partial charge in [0.15, 0.2) is 4.77 Å². The summed E-state index contributed by atoms with van der Waals surface area (Å²) in [5.41, 5.74) is 7.71. The molecular formula is C23H20N4O2S. The lowest BCUT2D eigenvalue weighted by atomic mass is 10.1. The molecule has 4 aromatic rings. The van der Waals surface area contributed by atoms with E-state index in [9.17, 15) is 4.79 Å². The van der Waals surface area contributed by atoms with Crippen molar-refractivity contribution in [3.05, 3.63) is 93.8 Å². The van der Waals surface area contributed by atoms with Crippen molar-refractivity contribution in [2.24, 2.45) is 5.10 Å². The first-order chi connectivity index (χ1) is 14.6. The third-order valence-electron chi connectivity index (χ3n) is 4.58. The number of benzene rings is 3. The number of hydrogen-bond acceptors (Lipinski definition) is 4. The number of hydrogen-bond donors (Lipinski definition) is 3. The molecule has 6 nitrogen and oxygen atoms in total. The Bertz CT molecular complexity index is 1270. The topological polar surface area (TPSA) is 82.3 Å². The number of aromatic amines is 2. The standard InChI is InChI=1S/C23H20N4O2S/c1-15-6-8-16(9-7-15)14-29-21-5-3-2-4-18(21)13-24-27-22(28)17-10-11-19-20(12-17)26-23(30)25-19/h2-13H,14H2,1H3,(H,27,28)(H2,25,26,30)/b24-13-. The highest BCUT2D eigenvalue weighted by Crippen LogP contribution is 2.18. The van der Waals surface area contributed by atoms with Crippen LogP contribution in [-0.2, 0) is 6.61 Å². The molecule has 0 aliphatic rings. The molecule has 150 valence electrons. The molecule has 30 heavy (non-hydrogen) atoms. The number of aryl methyl sites for hydroxylation is 1. The number of H-pyrrole nitrogens is 2. The zero-order chi connectivity index (χ0) is 20.9. The predicted molar refractivity (Wildman–Crippen MR) is 120 cm³/mol. The van der Waals surface area contributed by atoms with Gasteiger partial charge in [-0.05, 0) is 55.0 Å². The second kappa shape index (κ2) is 8.75. The van der Waals surface area contributed by atoms with Gasteiger partial charge in [0.2, 0.25) is 0 Å². The Labute approximate surface area is 178 Å². The van der Waals surface area contributed by atoms with Gasteiger partial charge in [-0.3, -0.25) is 4.79 Å². The average molecular weight is 417 g/mol. The monoisotopic (exact) mass is 416 g/mol. The fourth-order valence-corrected chi connectivity index (χ4v) is 3.18. The summed E-state index contributed by atoms with van der Waals surface area (Å²) in [6.45, 7) is 2.51. The van der Waals surface area contributed by atoms with Crippen molar-refractivity contribution in [1.29, 1.82) is 0 Å². The summed E-state index contributed by atoms with van der Waals surface area (Å²) >= 11 is 5.07. The Morgan fingerprint density at radius 3 is 2.67 bits per heavy atom. The van der Waals surface area contributed by atoms with Gasteiger partial charge in [0.1, 0.15) is 12.4 Å². The molecule has 0 saturated heterocycles. The van der Waals surface area contributed by atoms with Gasteiger partial charge in [-0.25, -0.2) is 5.43 Å². The zero-order valence-electron chi connectivity index (χ0n) is 16.3. The van der Waals surface area contributed by atoms with Crippen molar-refractivity contribution < 1.29 is 9.53 Å². The maximum absolute atomic E-state index is 12.4. The van der Waals surface area contributed by atoms with Crippen LogP contribution < -0.4 is 10.2 Å². The van der Waals surface area contributed by atoms with Crippen molar-refractivity contribution in [1.82, 2.24) is 15.4 Å². The fourth-order valence-electron chi connectivity index (χ4n) is 2.96. The van der Waals surface area contributed by atoms with Crippen molar-refractivity contribution >= 4 is 35.4 Å². The Morgan fingerprint density at radius 1 is 1.07 bits per heavy atom. The van der Waals surface area contributed by atoms with E-state index in [1.807, 2.05) is 36.4 Å². The third kappa shape index (κ3) is 4.64. The van der Waals surface area contributed by atoms with Crippen LogP contribution in [0, 0.1) is 11.7 Å². The van der Waals surface area contributed by atoms with E-state index in [0.29, 0.717) is 22.7 Å². The SMILES string of the molecule is Cc1ccc(COc2ccccc2/C=N\NC(=O)c2ccc3[nH]c(=S)[nH]c3c2)cc1. The Morgan fingerprint density at radius 2 is 1.83 bits per heavy atom. The molecule has 3 N–H and O–H groups in total. The number of aromatic nitrogens is 2. The van der Waals surface area contributed by atoms with E-state index in [0.717, 1.165) is 22.2 Å². The average Bonchev–Trinajstić information content (AvgIpc) is 3.13. The van der Waals surface area contributed by atoms with Gasteiger partial charge in [-0.15, -0.1) is 0 Å². The molecular weight excluding hydrogens is 396 g/mol. The van der Waals surface area contributed by atoms with Crippen LogP contribution in [0.2, 0.25) is 0 Å². The summed E-state index contributed by atoms with van der Waals surface area (Å²) < 4.78 is 6.45. The molecule has 4 rings (SSSR count). The molecule has 0 unspecified atom stereocenters. The van der Waals surface area contributed by atoms with E-state index >= 15 is 0 Å². The van der Waals surface area contributed by atoms with Crippen LogP contribution in [0.3, 0.4) is 0 Å². The molecule has 0 spiro atoms. The maximum Gasteiger partial charge on any atom is 0.271 e. The Kier molecular flexibility index (Phi) is 5.72. The molecule has 0 saturated carbocycles. The Balaban J connectivity index is 1.42. The molecule has 0 bridgehead atoms. The summed E-state index contributed by atoms with van der Waals surface area (Å²) in [5.74, 6) is 0.379. The molecule has 1 amide bonds. The van der Waals surface area contributed by atoms with Gasteiger partial charge in [-0.1, -0.05) is 42.0 Å². The van der Waals surface area contributed by atoms with Crippen LogP contribution in [0.5, 0.6) is 5.75 Å². The summed E-state index contributed by atoms with van der Waals surface area (Å²) in [7, 11) is 0. The lowest BCUT2D eigenvalue weighted by molar-refractivity contribution is 0.0955. The lowest BCUT2D eigenvalue weighted by Crippen LogP contribution is -2.17. The van der Waals surface area contributed by atoms with Crippen molar-refractivity contribution in [2.45, 2.75) is 13.5 Å². The third-order valence-corrected chi connectivity index (χ3v) is 4.79. The normalized spacial score (nSPS) is 11.1. The number of nitrogens with one attached hydrogen (secondary N) is 3. The summed E-state index contributed by atoms with van der Waals surface area (Å²) in [6, 6.07) is 21.0. The van der Waals surface area contributed by atoms with Crippen LogP contribution in [0.4, 0.5) is 0 Å². The van der Waals surface area contributed by atoms with Crippen LogP contribution in [0.15, 0.2) is 71.8 Å². The molecule has 3 aromatic carbocycles. The number of para-hydroxylation sites is 1. The number of imidazole rings is 1. The first-order valence-electron chi connectivity index (χ1n) is 9.41. The molecule has 7 heteroatoms. The number of carbonyl (C=O) groups excluding carboxylic acids is 1. The highest BCUT2D eigenvalue weighted by atomic mass is 32.1. The molecule has 0 aliphatic carbocycles. The van der Waals surface area contributed by atoms with E-state index in [4.69, 9.17) is 17.0 Å². The fraction of sp³-hybridized carbons (Fsp3) is 0.0870. The van der Waals surface area contributed by atoms with E-state index in [1.54, 1.807) is 24.4 Å². The van der Waals surface area contributed by atoms with Crippen LogP contribution in [0.1, 0.15) is 27.0 Å². The molecule has 1 heterocycles. The molecule has 0 atom stereocenters. The van der Waals surface area contributed by atoms with Gasteiger partial charge in [0.05, 0.1) is 17.2 Å².